The van der Waals surface area contributed by atoms with Crippen LogP contribution in [0.15, 0.2) is 0 Å². The van der Waals surface area contributed by atoms with E-state index in [1.165, 1.54) is 7.05 Å². The lowest BCUT2D eigenvalue weighted by atomic mass is 10.2. The zero-order valence-corrected chi connectivity index (χ0v) is 16.8. The number of ether oxygens (including phenoxy) is 1. The maximum absolute atomic E-state index is 11.5. The lowest BCUT2D eigenvalue weighted by molar-refractivity contribution is 0.199. The molecule has 146 valence electrons. The van der Waals surface area contributed by atoms with Crippen LogP contribution >= 0.6 is 0 Å². The lowest BCUT2D eigenvalue weighted by Gasteiger charge is -2.12. The Morgan fingerprint density at radius 2 is 1.92 bits per heavy atom. The van der Waals surface area contributed by atoms with Crippen molar-refractivity contribution in [2.24, 2.45) is 0 Å². The van der Waals surface area contributed by atoms with Gasteiger partial charge in [0.15, 0.2) is 5.82 Å². The Morgan fingerprint density at radius 1 is 1.19 bits per heavy atom. The number of anilines is 1. The summed E-state index contributed by atoms with van der Waals surface area (Å²) in [4.78, 5) is 9.07. The number of aromatic nitrogens is 3. The number of pyridine rings is 1. The molecule has 0 aromatic carbocycles. The second-order valence-electron chi connectivity index (χ2n) is 6.41. The summed E-state index contributed by atoms with van der Waals surface area (Å²) in [5.41, 5.74) is 9.81. The van der Waals surface area contributed by atoms with Gasteiger partial charge in [-0.15, -0.1) is 0 Å². The minimum atomic E-state index is -3.14. The molecule has 0 amide bonds. The summed E-state index contributed by atoms with van der Waals surface area (Å²) in [5.74, 6) is 1.52. The van der Waals surface area contributed by atoms with Gasteiger partial charge in [0, 0.05) is 25.8 Å². The number of unbranched alkanes of at least 4 members (excludes halogenated alkanes) is 2. The van der Waals surface area contributed by atoms with Crippen LogP contribution < -0.4 is 10.5 Å². The smallest absolute Gasteiger partial charge is 0.211 e. The Bertz CT molecular complexity index is 861. The van der Waals surface area contributed by atoms with Crippen molar-refractivity contribution in [3.05, 3.63) is 17.1 Å². The van der Waals surface area contributed by atoms with Crippen molar-refractivity contribution in [2.45, 2.75) is 46.1 Å². The first kappa shape index (κ1) is 20.6. The largest absolute Gasteiger partial charge is 0.384 e. The third-order valence-corrected chi connectivity index (χ3v) is 6.06. The molecule has 0 unspecified atom stereocenters. The number of imidazole rings is 1. The Hall–Kier alpha value is -1.71. The molecule has 0 bridgehead atoms. The number of hydrogen-bond acceptors (Lipinski definition) is 6. The third kappa shape index (κ3) is 4.72. The Labute approximate surface area is 155 Å². The summed E-state index contributed by atoms with van der Waals surface area (Å²) >= 11 is 0. The molecule has 0 saturated heterocycles. The van der Waals surface area contributed by atoms with Gasteiger partial charge in [0.1, 0.15) is 11.3 Å². The number of nitrogens with zero attached hydrogens (tertiary/aromatic N) is 3. The Balaban J connectivity index is 2.20. The quantitative estimate of drug-likeness (QED) is 0.602. The van der Waals surface area contributed by atoms with Gasteiger partial charge in [-0.3, -0.25) is 0 Å². The number of sulfonamides is 1. The summed E-state index contributed by atoms with van der Waals surface area (Å²) in [7, 11) is -0.0268. The van der Waals surface area contributed by atoms with Gasteiger partial charge >= 0.3 is 0 Å². The van der Waals surface area contributed by atoms with Crippen LogP contribution in [0.3, 0.4) is 0 Å². The number of methoxy groups -OCH3 is 1. The van der Waals surface area contributed by atoms with E-state index in [2.05, 4.69) is 14.3 Å². The highest BCUT2D eigenvalue weighted by molar-refractivity contribution is 7.89. The molecule has 0 spiro atoms. The van der Waals surface area contributed by atoms with Gasteiger partial charge in [0.05, 0.1) is 17.9 Å². The average Bonchev–Trinajstić information content (AvgIpc) is 2.97. The summed E-state index contributed by atoms with van der Waals surface area (Å²) in [5, 5.41) is 0. The molecule has 2 aromatic heterocycles. The SMILES string of the molecule is CNS(=O)(=O)CCCCCn1c(CCOC)nc2c(N)nc(C)c(C)c21. The van der Waals surface area contributed by atoms with Gasteiger partial charge in [-0.25, -0.2) is 23.1 Å². The third-order valence-electron chi connectivity index (χ3n) is 4.61. The average molecular weight is 384 g/mol. The van der Waals surface area contributed by atoms with Gasteiger partial charge < -0.3 is 15.0 Å². The molecule has 0 aliphatic rings. The minimum Gasteiger partial charge on any atom is -0.384 e. The molecule has 26 heavy (non-hydrogen) atoms. The Morgan fingerprint density at radius 3 is 2.58 bits per heavy atom. The van der Waals surface area contributed by atoms with Crippen molar-refractivity contribution in [3.63, 3.8) is 0 Å². The number of rotatable bonds is 10. The molecule has 0 atom stereocenters. The van der Waals surface area contributed by atoms with Crippen LogP contribution in [0.5, 0.6) is 0 Å². The highest BCUT2D eigenvalue weighted by Crippen LogP contribution is 2.26. The first-order valence-corrected chi connectivity index (χ1v) is 10.5. The molecule has 0 fully saturated rings. The fourth-order valence-electron chi connectivity index (χ4n) is 3.01. The number of aryl methyl sites for hydroxylation is 3. The van der Waals surface area contributed by atoms with Crippen molar-refractivity contribution in [3.8, 4) is 0 Å². The van der Waals surface area contributed by atoms with Gasteiger partial charge in [-0.1, -0.05) is 6.42 Å². The Kier molecular flexibility index (Phi) is 6.96. The topological polar surface area (TPSA) is 112 Å². The molecule has 2 rings (SSSR count). The summed E-state index contributed by atoms with van der Waals surface area (Å²) < 4.78 is 32.7. The second-order valence-corrected chi connectivity index (χ2v) is 8.46. The van der Waals surface area contributed by atoms with E-state index in [4.69, 9.17) is 15.5 Å². The van der Waals surface area contributed by atoms with Crippen LogP contribution in [0.2, 0.25) is 0 Å². The molecule has 0 aliphatic carbocycles. The van der Waals surface area contributed by atoms with Gasteiger partial charge in [-0.2, -0.15) is 0 Å². The van der Waals surface area contributed by atoms with Crippen LogP contribution in [0, 0.1) is 13.8 Å². The summed E-state index contributed by atoms with van der Waals surface area (Å²) in [6, 6.07) is 0. The minimum absolute atomic E-state index is 0.152. The zero-order valence-electron chi connectivity index (χ0n) is 16.0. The summed E-state index contributed by atoms with van der Waals surface area (Å²) in [6.45, 7) is 5.32. The number of nitrogen functional groups attached to an aromatic ring is 1. The van der Waals surface area contributed by atoms with Crippen LogP contribution in [0.4, 0.5) is 5.82 Å². The number of nitrogens with two attached hydrogens (primary N) is 1. The standard InChI is InChI=1S/C17H29N5O3S/c1-12-13(2)20-17(18)15-16(12)22(14(21-15)8-10-25-4)9-6-5-7-11-26(23,24)19-3/h19H,5-11H2,1-4H3,(H2,18,20). The van der Waals surface area contributed by atoms with E-state index in [9.17, 15) is 8.42 Å². The molecule has 0 saturated carbocycles. The molecule has 8 nitrogen and oxygen atoms in total. The van der Waals surface area contributed by atoms with Crippen LogP contribution in [0.1, 0.15) is 36.3 Å². The number of fused-ring (bicyclic) bond motifs is 1. The molecular formula is C17H29N5O3S. The van der Waals surface area contributed by atoms with Crippen molar-refractivity contribution >= 4 is 26.9 Å². The highest BCUT2D eigenvalue weighted by atomic mass is 32.2. The number of hydrogen-bond donors (Lipinski definition) is 2. The van der Waals surface area contributed by atoms with E-state index in [0.717, 1.165) is 47.5 Å². The molecule has 2 heterocycles. The van der Waals surface area contributed by atoms with E-state index in [-0.39, 0.29) is 5.75 Å². The van der Waals surface area contributed by atoms with Crippen molar-refractivity contribution < 1.29 is 13.2 Å². The maximum Gasteiger partial charge on any atom is 0.211 e. The molecule has 9 heteroatoms. The van der Waals surface area contributed by atoms with Crippen molar-refractivity contribution in [2.75, 3.05) is 32.3 Å². The van der Waals surface area contributed by atoms with E-state index < -0.39 is 10.0 Å². The van der Waals surface area contributed by atoms with E-state index in [1.54, 1.807) is 7.11 Å². The first-order chi connectivity index (χ1) is 12.3. The van der Waals surface area contributed by atoms with Crippen LogP contribution in [0.25, 0.3) is 11.0 Å². The zero-order chi connectivity index (χ0) is 19.3. The monoisotopic (exact) mass is 383 g/mol. The molecule has 0 aliphatic heterocycles. The summed E-state index contributed by atoms with van der Waals surface area (Å²) in [6.07, 6.45) is 3.01. The normalized spacial score (nSPS) is 12.2. The molecule has 3 N–H and O–H groups in total. The van der Waals surface area contributed by atoms with E-state index in [0.29, 0.717) is 25.3 Å². The van der Waals surface area contributed by atoms with E-state index >= 15 is 0 Å². The highest BCUT2D eigenvalue weighted by Gasteiger charge is 2.17. The molecule has 2 aromatic rings. The fourth-order valence-corrected chi connectivity index (χ4v) is 3.80. The van der Waals surface area contributed by atoms with Crippen LogP contribution in [-0.4, -0.2) is 49.5 Å². The number of nitrogens with one attached hydrogen (secondary N) is 1. The molecule has 0 radical (unpaired) electrons. The predicted octanol–water partition coefficient (Wildman–Crippen LogP) is 1.54. The first-order valence-electron chi connectivity index (χ1n) is 8.82. The van der Waals surface area contributed by atoms with Gasteiger partial charge in [0.25, 0.3) is 0 Å². The van der Waals surface area contributed by atoms with Gasteiger partial charge in [0.2, 0.25) is 10.0 Å². The fraction of sp³-hybridized carbons (Fsp3) is 0.647. The van der Waals surface area contributed by atoms with Crippen molar-refractivity contribution in [1.29, 1.82) is 0 Å². The molecular weight excluding hydrogens is 354 g/mol. The van der Waals surface area contributed by atoms with Crippen molar-refractivity contribution in [1.82, 2.24) is 19.3 Å². The van der Waals surface area contributed by atoms with Gasteiger partial charge in [-0.05, 0) is 39.3 Å². The lowest BCUT2D eigenvalue weighted by Crippen LogP contribution is -2.21. The maximum atomic E-state index is 11.5. The van der Waals surface area contributed by atoms with E-state index in [1.807, 2.05) is 13.8 Å². The second kappa shape index (κ2) is 8.79. The predicted molar refractivity (Wildman–Crippen MR) is 104 cm³/mol. The van der Waals surface area contributed by atoms with Crippen LogP contribution in [-0.2, 0) is 27.7 Å².